The van der Waals surface area contributed by atoms with E-state index < -0.39 is 5.91 Å². The molecule has 0 spiro atoms. The van der Waals surface area contributed by atoms with E-state index in [2.05, 4.69) is 4.98 Å². The Morgan fingerprint density at radius 3 is 2.87 bits per heavy atom. The SMILES string of the molecule is NC(=O)c1cc(-n2ccnc2)ccc1Cl. The summed E-state index contributed by atoms with van der Waals surface area (Å²) in [4.78, 5) is 15.0. The van der Waals surface area contributed by atoms with Crippen molar-refractivity contribution in [3.8, 4) is 5.69 Å². The Labute approximate surface area is 91.3 Å². The number of hydrogen-bond donors (Lipinski definition) is 1. The van der Waals surface area contributed by atoms with E-state index in [9.17, 15) is 4.79 Å². The van der Waals surface area contributed by atoms with Crippen LogP contribution in [0, 0.1) is 0 Å². The molecule has 0 saturated carbocycles. The van der Waals surface area contributed by atoms with Crippen molar-refractivity contribution in [2.24, 2.45) is 5.73 Å². The number of halogens is 1. The van der Waals surface area contributed by atoms with Gasteiger partial charge in [-0.05, 0) is 18.2 Å². The van der Waals surface area contributed by atoms with Gasteiger partial charge in [0.05, 0.1) is 16.9 Å². The first kappa shape index (κ1) is 9.73. The second kappa shape index (κ2) is 3.74. The topological polar surface area (TPSA) is 60.9 Å². The summed E-state index contributed by atoms with van der Waals surface area (Å²) in [5, 5.41) is 0.353. The first-order valence-corrected chi connectivity index (χ1v) is 4.64. The van der Waals surface area contributed by atoms with Gasteiger partial charge in [-0.3, -0.25) is 4.79 Å². The van der Waals surface area contributed by atoms with E-state index in [0.29, 0.717) is 10.6 Å². The third kappa shape index (κ3) is 1.85. The standard InChI is InChI=1S/C10H8ClN3O/c11-9-2-1-7(5-8(9)10(12)15)14-4-3-13-6-14/h1-6H,(H2,12,15). The van der Waals surface area contributed by atoms with Gasteiger partial charge in [0.2, 0.25) is 5.91 Å². The Kier molecular flexibility index (Phi) is 2.43. The van der Waals surface area contributed by atoms with E-state index in [0.717, 1.165) is 5.69 Å². The van der Waals surface area contributed by atoms with Gasteiger partial charge in [-0.2, -0.15) is 0 Å². The van der Waals surface area contributed by atoms with Gasteiger partial charge in [0.15, 0.2) is 0 Å². The van der Waals surface area contributed by atoms with E-state index in [4.69, 9.17) is 17.3 Å². The minimum atomic E-state index is -0.540. The molecule has 0 bridgehead atoms. The lowest BCUT2D eigenvalue weighted by molar-refractivity contribution is 0.100. The molecule has 1 aromatic carbocycles. The quantitative estimate of drug-likeness (QED) is 0.838. The van der Waals surface area contributed by atoms with Crippen molar-refractivity contribution in [1.82, 2.24) is 9.55 Å². The predicted molar refractivity (Wildman–Crippen MR) is 57.1 cm³/mol. The number of carbonyl (C=O) groups excluding carboxylic acids is 1. The van der Waals surface area contributed by atoms with Gasteiger partial charge >= 0.3 is 0 Å². The predicted octanol–water partition coefficient (Wildman–Crippen LogP) is 1.62. The van der Waals surface area contributed by atoms with Crippen molar-refractivity contribution in [1.29, 1.82) is 0 Å². The van der Waals surface area contributed by atoms with Crippen LogP contribution in [0.4, 0.5) is 0 Å². The van der Waals surface area contributed by atoms with Gasteiger partial charge in [0.1, 0.15) is 0 Å². The molecule has 2 N–H and O–H groups in total. The van der Waals surface area contributed by atoms with Crippen molar-refractivity contribution in [2.45, 2.75) is 0 Å². The molecule has 0 aliphatic rings. The average Bonchev–Trinajstić information content (AvgIpc) is 2.71. The van der Waals surface area contributed by atoms with Gasteiger partial charge in [0, 0.05) is 18.1 Å². The summed E-state index contributed by atoms with van der Waals surface area (Å²) in [6, 6.07) is 5.06. The van der Waals surface area contributed by atoms with E-state index in [-0.39, 0.29) is 0 Å². The molecule has 0 unspecified atom stereocenters. The van der Waals surface area contributed by atoms with Crippen LogP contribution in [0.3, 0.4) is 0 Å². The summed E-state index contributed by atoms with van der Waals surface area (Å²) in [5.74, 6) is -0.540. The molecule has 2 aromatic rings. The van der Waals surface area contributed by atoms with Gasteiger partial charge in [-0.25, -0.2) is 4.98 Å². The lowest BCUT2D eigenvalue weighted by atomic mass is 10.2. The molecule has 2 rings (SSSR count). The van der Waals surface area contributed by atoms with E-state index in [1.165, 1.54) is 0 Å². The summed E-state index contributed by atoms with van der Waals surface area (Å²) < 4.78 is 1.77. The summed E-state index contributed by atoms with van der Waals surface area (Å²) >= 11 is 5.83. The van der Waals surface area contributed by atoms with Crippen molar-refractivity contribution >= 4 is 17.5 Å². The van der Waals surface area contributed by atoms with E-state index in [1.54, 1.807) is 41.5 Å². The van der Waals surface area contributed by atoms with Crippen LogP contribution in [0.2, 0.25) is 5.02 Å². The number of rotatable bonds is 2. The van der Waals surface area contributed by atoms with E-state index in [1.807, 2.05) is 0 Å². The van der Waals surface area contributed by atoms with E-state index >= 15 is 0 Å². The van der Waals surface area contributed by atoms with Gasteiger partial charge in [0.25, 0.3) is 0 Å². The van der Waals surface area contributed by atoms with Crippen LogP contribution in [0.25, 0.3) is 5.69 Å². The lowest BCUT2D eigenvalue weighted by Crippen LogP contribution is -2.12. The number of hydrogen-bond acceptors (Lipinski definition) is 2. The molecule has 0 fully saturated rings. The lowest BCUT2D eigenvalue weighted by Gasteiger charge is -2.05. The molecular weight excluding hydrogens is 214 g/mol. The normalized spacial score (nSPS) is 10.2. The number of imidazole rings is 1. The second-order valence-corrected chi connectivity index (χ2v) is 3.41. The zero-order valence-corrected chi connectivity index (χ0v) is 8.48. The minimum absolute atomic E-state index is 0.308. The van der Waals surface area contributed by atoms with Crippen LogP contribution in [-0.2, 0) is 0 Å². The Balaban J connectivity index is 2.52. The molecule has 1 heterocycles. The fourth-order valence-corrected chi connectivity index (χ4v) is 1.49. The highest BCUT2D eigenvalue weighted by Gasteiger charge is 2.07. The zero-order valence-electron chi connectivity index (χ0n) is 7.72. The molecular formula is C10H8ClN3O. The first-order valence-electron chi connectivity index (χ1n) is 4.26. The molecule has 4 nitrogen and oxygen atoms in total. The number of carbonyl (C=O) groups is 1. The molecule has 1 aromatic heterocycles. The summed E-state index contributed by atoms with van der Waals surface area (Å²) in [5.41, 5.74) is 6.29. The average molecular weight is 222 g/mol. The largest absolute Gasteiger partial charge is 0.366 e. The van der Waals surface area contributed by atoms with Crippen LogP contribution in [0.15, 0.2) is 36.9 Å². The molecule has 15 heavy (non-hydrogen) atoms. The highest BCUT2D eigenvalue weighted by atomic mass is 35.5. The highest BCUT2D eigenvalue weighted by Crippen LogP contribution is 2.19. The maximum absolute atomic E-state index is 11.1. The molecule has 5 heteroatoms. The number of nitrogens with two attached hydrogens (primary N) is 1. The number of amides is 1. The van der Waals surface area contributed by atoms with Crippen LogP contribution in [-0.4, -0.2) is 15.5 Å². The van der Waals surface area contributed by atoms with Crippen molar-refractivity contribution in [3.05, 3.63) is 47.5 Å². The summed E-state index contributed by atoms with van der Waals surface area (Å²) in [6.07, 6.45) is 5.06. The number of primary amides is 1. The van der Waals surface area contributed by atoms with Crippen LogP contribution in [0.5, 0.6) is 0 Å². The molecule has 0 saturated heterocycles. The Hall–Kier alpha value is -1.81. The van der Waals surface area contributed by atoms with Gasteiger partial charge < -0.3 is 10.3 Å². The third-order valence-electron chi connectivity index (χ3n) is 2.02. The Bertz CT molecular complexity index is 493. The summed E-state index contributed by atoms with van der Waals surface area (Å²) in [6.45, 7) is 0. The number of benzene rings is 1. The Morgan fingerprint density at radius 2 is 2.27 bits per heavy atom. The number of nitrogens with zero attached hydrogens (tertiary/aromatic N) is 2. The molecule has 1 amide bonds. The van der Waals surface area contributed by atoms with Crippen molar-refractivity contribution in [2.75, 3.05) is 0 Å². The second-order valence-electron chi connectivity index (χ2n) is 3.00. The Morgan fingerprint density at radius 1 is 1.47 bits per heavy atom. The summed E-state index contributed by atoms with van der Waals surface area (Å²) in [7, 11) is 0. The zero-order chi connectivity index (χ0) is 10.8. The fraction of sp³-hybridized carbons (Fsp3) is 0. The molecule has 0 aliphatic heterocycles. The smallest absolute Gasteiger partial charge is 0.250 e. The molecule has 0 radical (unpaired) electrons. The maximum Gasteiger partial charge on any atom is 0.250 e. The van der Waals surface area contributed by atoms with Gasteiger partial charge in [-0.15, -0.1) is 0 Å². The first-order chi connectivity index (χ1) is 7.18. The fourth-order valence-electron chi connectivity index (χ4n) is 1.27. The maximum atomic E-state index is 11.1. The monoisotopic (exact) mass is 221 g/mol. The van der Waals surface area contributed by atoms with Crippen molar-refractivity contribution < 1.29 is 4.79 Å². The van der Waals surface area contributed by atoms with Gasteiger partial charge in [-0.1, -0.05) is 11.6 Å². The van der Waals surface area contributed by atoms with Crippen molar-refractivity contribution in [3.63, 3.8) is 0 Å². The minimum Gasteiger partial charge on any atom is -0.366 e. The molecule has 76 valence electrons. The number of aromatic nitrogens is 2. The van der Waals surface area contributed by atoms with Crippen LogP contribution >= 0.6 is 11.6 Å². The van der Waals surface area contributed by atoms with Crippen LogP contribution < -0.4 is 5.73 Å². The highest BCUT2D eigenvalue weighted by molar-refractivity contribution is 6.33. The third-order valence-corrected chi connectivity index (χ3v) is 2.35. The van der Waals surface area contributed by atoms with Crippen LogP contribution in [0.1, 0.15) is 10.4 Å². The molecule has 0 aliphatic carbocycles. The molecule has 0 atom stereocenters.